The molecule has 1 atom stereocenters. The largest absolute Gasteiger partial charge is 0.497 e. The van der Waals surface area contributed by atoms with Crippen LogP contribution in [0.1, 0.15) is 17.4 Å². The number of nitrogens with zero attached hydrogens (tertiary/aromatic N) is 2. The van der Waals surface area contributed by atoms with Gasteiger partial charge in [-0.15, -0.1) is 0 Å². The first-order valence-corrected chi connectivity index (χ1v) is 10.7. The van der Waals surface area contributed by atoms with E-state index < -0.39 is 21.8 Å². The van der Waals surface area contributed by atoms with Gasteiger partial charge in [-0.3, -0.25) is 0 Å². The number of benzene rings is 2. The number of ether oxygens (including phenoxy) is 2. The number of hydrogen-bond donors (Lipinski definition) is 3. The zero-order chi connectivity index (χ0) is 22.2. The highest BCUT2D eigenvalue weighted by Gasteiger charge is 2.27. The highest BCUT2D eigenvalue weighted by atomic mass is 32.2. The van der Waals surface area contributed by atoms with Gasteiger partial charge in [0.05, 0.1) is 30.1 Å². The van der Waals surface area contributed by atoms with Crippen molar-refractivity contribution in [3.05, 3.63) is 70.7 Å². The lowest BCUT2D eigenvalue weighted by Gasteiger charge is -2.20. The Hall–Kier alpha value is -3.57. The molecule has 0 radical (unpaired) electrons. The Kier molecular flexibility index (Phi) is 5.29. The average Bonchev–Trinajstić information content (AvgIpc) is 3.35. The fourth-order valence-corrected chi connectivity index (χ4v) is 4.53. The highest BCUT2D eigenvalue weighted by Crippen LogP contribution is 2.30. The summed E-state index contributed by atoms with van der Waals surface area (Å²) in [5, 5.41) is 0. The Balaban J connectivity index is 1.81. The Bertz CT molecular complexity index is 1380. The van der Waals surface area contributed by atoms with Gasteiger partial charge in [-0.2, -0.15) is 4.72 Å². The molecule has 0 saturated heterocycles. The summed E-state index contributed by atoms with van der Waals surface area (Å²) in [4.78, 5) is 21.0. The van der Waals surface area contributed by atoms with E-state index in [4.69, 9.17) is 9.47 Å². The molecule has 4 aromatic rings. The van der Waals surface area contributed by atoms with Crippen LogP contribution in [-0.2, 0) is 17.1 Å². The van der Waals surface area contributed by atoms with E-state index in [0.29, 0.717) is 33.9 Å². The number of nitrogens with one attached hydrogen (secondary N) is 3. The summed E-state index contributed by atoms with van der Waals surface area (Å²) < 4.78 is 41.7. The van der Waals surface area contributed by atoms with Gasteiger partial charge in [-0.05, 0) is 35.9 Å². The number of sulfonamides is 1. The molecule has 2 aromatic carbocycles. The fourth-order valence-electron chi connectivity index (χ4n) is 3.32. The maximum atomic E-state index is 13.3. The van der Waals surface area contributed by atoms with Gasteiger partial charge in [-0.25, -0.2) is 18.2 Å². The molecule has 0 saturated carbocycles. The van der Waals surface area contributed by atoms with Crippen molar-refractivity contribution in [1.29, 1.82) is 0 Å². The molecule has 31 heavy (non-hydrogen) atoms. The van der Waals surface area contributed by atoms with Crippen molar-refractivity contribution in [1.82, 2.24) is 24.2 Å². The molecule has 162 valence electrons. The predicted molar refractivity (Wildman–Crippen MR) is 114 cm³/mol. The molecule has 11 heteroatoms. The first-order chi connectivity index (χ1) is 14.8. The first kappa shape index (κ1) is 20.7. The molecule has 2 aromatic heterocycles. The Labute approximate surface area is 177 Å². The van der Waals surface area contributed by atoms with E-state index in [0.717, 1.165) is 0 Å². The lowest BCUT2D eigenvalue weighted by molar-refractivity contribution is 0.392. The van der Waals surface area contributed by atoms with Crippen LogP contribution in [0.4, 0.5) is 0 Å². The zero-order valence-corrected chi connectivity index (χ0v) is 17.9. The second-order valence-electron chi connectivity index (χ2n) is 6.88. The molecule has 0 aliphatic carbocycles. The molecule has 0 aliphatic rings. The molecule has 0 unspecified atom stereocenters. The predicted octanol–water partition coefficient (Wildman–Crippen LogP) is 1.67. The summed E-state index contributed by atoms with van der Waals surface area (Å²) in [6.45, 7) is 0. The van der Waals surface area contributed by atoms with Crippen LogP contribution in [-0.4, -0.2) is 42.2 Å². The van der Waals surface area contributed by atoms with Gasteiger partial charge < -0.3 is 24.0 Å². The summed E-state index contributed by atoms with van der Waals surface area (Å²) in [6.07, 6.45) is 3.31. The lowest BCUT2D eigenvalue weighted by Crippen LogP contribution is -2.31. The van der Waals surface area contributed by atoms with Gasteiger partial charge in [0.15, 0.2) is 0 Å². The second kappa shape index (κ2) is 7.93. The molecule has 0 spiro atoms. The molecule has 0 aliphatic heterocycles. The number of methoxy groups -OCH3 is 2. The molecular weight excluding hydrogens is 422 g/mol. The SMILES string of the molecule is COc1cc(OC)cc([C@@H](NS(=O)(=O)c2ccc3[nH]c(=O)[nH]c3c2)c2nccn2C)c1. The highest BCUT2D eigenvalue weighted by molar-refractivity contribution is 7.89. The molecule has 10 nitrogen and oxygen atoms in total. The second-order valence-corrected chi connectivity index (χ2v) is 8.60. The van der Waals surface area contributed by atoms with Crippen molar-refractivity contribution < 1.29 is 17.9 Å². The van der Waals surface area contributed by atoms with Gasteiger partial charge in [0.1, 0.15) is 23.4 Å². The number of H-pyrrole nitrogens is 2. The molecule has 4 rings (SSSR count). The van der Waals surface area contributed by atoms with Crippen LogP contribution in [0.25, 0.3) is 11.0 Å². The smallest absolute Gasteiger partial charge is 0.323 e. The van der Waals surface area contributed by atoms with Crippen molar-refractivity contribution in [3.63, 3.8) is 0 Å². The van der Waals surface area contributed by atoms with Crippen LogP contribution in [0.3, 0.4) is 0 Å². The van der Waals surface area contributed by atoms with E-state index in [9.17, 15) is 13.2 Å². The minimum atomic E-state index is -3.99. The lowest BCUT2D eigenvalue weighted by atomic mass is 10.1. The molecule has 0 bridgehead atoms. The summed E-state index contributed by atoms with van der Waals surface area (Å²) in [5.41, 5.74) is 1.09. The van der Waals surface area contributed by atoms with Crippen LogP contribution >= 0.6 is 0 Å². The number of hydrogen-bond acceptors (Lipinski definition) is 6. The van der Waals surface area contributed by atoms with Gasteiger partial charge in [0, 0.05) is 25.5 Å². The number of aromatic nitrogens is 4. The molecule has 0 amide bonds. The Morgan fingerprint density at radius 2 is 1.71 bits per heavy atom. The van der Waals surface area contributed by atoms with Crippen molar-refractivity contribution in [3.8, 4) is 11.5 Å². The van der Waals surface area contributed by atoms with Gasteiger partial charge >= 0.3 is 5.69 Å². The van der Waals surface area contributed by atoms with Crippen molar-refractivity contribution >= 4 is 21.1 Å². The Morgan fingerprint density at radius 3 is 2.32 bits per heavy atom. The summed E-state index contributed by atoms with van der Waals surface area (Å²) in [7, 11) is 0.821. The topological polar surface area (TPSA) is 131 Å². The minimum absolute atomic E-state index is 0.00400. The molecule has 3 N–H and O–H groups in total. The monoisotopic (exact) mass is 443 g/mol. The third kappa shape index (κ3) is 4.05. The number of aromatic amines is 2. The molecule has 0 fully saturated rings. The standard InChI is InChI=1S/C20H21N5O5S/c1-25-7-6-21-19(25)18(12-8-13(29-2)10-14(9-12)30-3)24-31(27,28)15-4-5-16-17(11-15)23-20(26)22-16/h4-11,18,24H,1-3H3,(H2,22,23,26)/t18-/m1/s1. The quantitative estimate of drug-likeness (QED) is 0.398. The number of imidazole rings is 2. The Morgan fingerprint density at radius 1 is 1.03 bits per heavy atom. The first-order valence-electron chi connectivity index (χ1n) is 9.25. The van der Waals surface area contributed by atoms with Crippen LogP contribution < -0.4 is 19.9 Å². The van der Waals surface area contributed by atoms with Crippen LogP contribution in [0, 0.1) is 0 Å². The normalized spacial score (nSPS) is 12.7. The third-order valence-electron chi connectivity index (χ3n) is 4.89. The van der Waals surface area contributed by atoms with Crippen LogP contribution in [0.5, 0.6) is 11.5 Å². The van der Waals surface area contributed by atoms with Crippen molar-refractivity contribution in [2.75, 3.05) is 14.2 Å². The summed E-state index contributed by atoms with van der Waals surface area (Å²) >= 11 is 0. The van der Waals surface area contributed by atoms with E-state index in [-0.39, 0.29) is 4.90 Å². The number of fused-ring (bicyclic) bond motifs is 1. The number of aryl methyl sites for hydroxylation is 1. The zero-order valence-electron chi connectivity index (χ0n) is 17.0. The minimum Gasteiger partial charge on any atom is -0.497 e. The van der Waals surface area contributed by atoms with E-state index in [1.165, 1.54) is 32.4 Å². The third-order valence-corrected chi connectivity index (χ3v) is 6.32. The van der Waals surface area contributed by atoms with Crippen molar-refractivity contribution in [2.24, 2.45) is 7.05 Å². The van der Waals surface area contributed by atoms with E-state index in [1.54, 1.807) is 42.2 Å². The molecular formula is C20H21N5O5S. The van der Waals surface area contributed by atoms with Crippen molar-refractivity contribution in [2.45, 2.75) is 10.9 Å². The maximum absolute atomic E-state index is 13.3. The average molecular weight is 443 g/mol. The van der Waals surface area contributed by atoms with Crippen LogP contribution in [0.2, 0.25) is 0 Å². The van der Waals surface area contributed by atoms with E-state index >= 15 is 0 Å². The fraction of sp³-hybridized carbons (Fsp3) is 0.200. The van der Waals surface area contributed by atoms with Gasteiger partial charge in [-0.1, -0.05) is 0 Å². The van der Waals surface area contributed by atoms with Gasteiger partial charge in [0.2, 0.25) is 10.0 Å². The van der Waals surface area contributed by atoms with E-state index in [1.807, 2.05) is 0 Å². The van der Waals surface area contributed by atoms with Gasteiger partial charge in [0.25, 0.3) is 0 Å². The number of rotatable bonds is 7. The summed E-state index contributed by atoms with van der Waals surface area (Å²) in [5.74, 6) is 1.51. The summed E-state index contributed by atoms with van der Waals surface area (Å²) in [6, 6.07) is 8.67. The van der Waals surface area contributed by atoms with Crippen LogP contribution in [0.15, 0.2) is 58.5 Å². The molecule has 2 heterocycles. The van der Waals surface area contributed by atoms with E-state index in [2.05, 4.69) is 19.7 Å². The maximum Gasteiger partial charge on any atom is 0.323 e.